The van der Waals surface area contributed by atoms with E-state index in [2.05, 4.69) is 58.9 Å². The van der Waals surface area contributed by atoms with E-state index in [1.807, 2.05) is 6.21 Å². The Hall–Kier alpha value is -2.09. The molecule has 0 saturated carbocycles. The molecule has 2 aromatic carbocycles. The van der Waals surface area contributed by atoms with Crippen molar-refractivity contribution in [1.29, 1.82) is 0 Å². The average Bonchev–Trinajstić information content (AvgIpc) is 2.72. The zero-order valence-corrected chi connectivity index (χ0v) is 10.7. The molecule has 0 amide bonds. The van der Waals surface area contributed by atoms with E-state index in [9.17, 15) is 0 Å². The van der Waals surface area contributed by atoms with Crippen LogP contribution < -0.4 is 0 Å². The van der Waals surface area contributed by atoms with Gasteiger partial charge in [-0.1, -0.05) is 24.3 Å². The minimum Gasteiger partial charge on any atom is -0.341 e. The van der Waals surface area contributed by atoms with Crippen LogP contribution >= 0.6 is 0 Å². The first-order chi connectivity index (χ1) is 8.85. The van der Waals surface area contributed by atoms with E-state index in [0.717, 1.165) is 12.1 Å². The van der Waals surface area contributed by atoms with Gasteiger partial charge in [0.25, 0.3) is 0 Å². The number of hydrogen-bond acceptors (Lipinski definition) is 1. The van der Waals surface area contributed by atoms with Crippen LogP contribution in [0.4, 0.5) is 0 Å². The Morgan fingerprint density at radius 2 is 1.83 bits per heavy atom. The first kappa shape index (κ1) is 11.0. The van der Waals surface area contributed by atoms with Crippen LogP contribution in [-0.2, 0) is 6.54 Å². The molecule has 90 valence electrons. The number of para-hydroxylation sites is 1. The summed E-state index contributed by atoms with van der Waals surface area (Å²) >= 11 is 0. The highest BCUT2D eigenvalue weighted by Crippen LogP contribution is 2.29. The maximum absolute atomic E-state index is 4.09. The molecule has 0 unspecified atom stereocenters. The number of nitrogens with zero attached hydrogens (tertiary/aromatic N) is 2. The van der Waals surface area contributed by atoms with Gasteiger partial charge in [0.05, 0.1) is 0 Å². The molecular formula is C16H16N2. The molecule has 2 heteroatoms. The number of aryl methyl sites for hydroxylation is 1. The summed E-state index contributed by atoms with van der Waals surface area (Å²) in [5.41, 5.74) is 3.76. The molecule has 1 heterocycles. The summed E-state index contributed by atoms with van der Waals surface area (Å²) < 4.78 is 2.36. The normalized spacial score (nSPS) is 11.9. The summed E-state index contributed by atoms with van der Waals surface area (Å²) in [6.45, 7) is 3.18. The zero-order chi connectivity index (χ0) is 12.5. The fourth-order valence-corrected chi connectivity index (χ4v) is 2.64. The first-order valence-electron chi connectivity index (χ1n) is 6.28. The topological polar surface area (TPSA) is 17.3 Å². The van der Waals surface area contributed by atoms with Crippen LogP contribution in [0.5, 0.6) is 0 Å². The van der Waals surface area contributed by atoms with Crippen molar-refractivity contribution in [3.63, 3.8) is 0 Å². The lowest BCUT2D eigenvalue weighted by atomic mass is 10.1. The summed E-state index contributed by atoms with van der Waals surface area (Å²) in [5.74, 6) is 0. The molecule has 18 heavy (non-hydrogen) atoms. The number of aliphatic imine (C=N–C) groups is 1. The molecule has 0 radical (unpaired) electrons. The number of aromatic nitrogens is 1. The van der Waals surface area contributed by atoms with Crippen LogP contribution in [0.2, 0.25) is 0 Å². The van der Waals surface area contributed by atoms with E-state index < -0.39 is 0 Å². The second-order valence-corrected chi connectivity index (χ2v) is 4.43. The molecule has 0 aliphatic rings. The molecule has 1 aromatic heterocycles. The van der Waals surface area contributed by atoms with Gasteiger partial charge in [0, 0.05) is 41.6 Å². The second kappa shape index (κ2) is 4.30. The van der Waals surface area contributed by atoms with Gasteiger partial charge in [-0.2, -0.15) is 0 Å². The Morgan fingerprint density at radius 1 is 1.06 bits per heavy atom. The van der Waals surface area contributed by atoms with E-state index in [1.54, 1.807) is 7.05 Å². The van der Waals surface area contributed by atoms with Gasteiger partial charge in [-0.15, -0.1) is 0 Å². The molecule has 3 aromatic rings. The summed E-state index contributed by atoms with van der Waals surface area (Å²) in [6, 6.07) is 15.1. The fraction of sp³-hybridized carbons (Fsp3) is 0.188. The summed E-state index contributed by atoms with van der Waals surface area (Å²) in [6.07, 6.45) is 1.90. The molecule has 0 saturated heterocycles. The van der Waals surface area contributed by atoms with Crippen molar-refractivity contribution in [2.24, 2.45) is 4.99 Å². The second-order valence-electron chi connectivity index (χ2n) is 4.43. The van der Waals surface area contributed by atoms with Crippen molar-refractivity contribution in [2.75, 3.05) is 7.05 Å². The van der Waals surface area contributed by atoms with Crippen LogP contribution in [-0.4, -0.2) is 17.8 Å². The fourth-order valence-electron chi connectivity index (χ4n) is 2.64. The van der Waals surface area contributed by atoms with E-state index in [1.165, 1.54) is 21.8 Å². The molecule has 3 rings (SSSR count). The number of benzene rings is 2. The van der Waals surface area contributed by atoms with E-state index >= 15 is 0 Å². The monoisotopic (exact) mass is 236 g/mol. The summed E-state index contributed by atoms with van der Waals surface area (Å²) in [5, 5.41) is 2.63. The van der Waals surface area contributed by atoms with Crippen LogP contribution in [0.3, 0.4) is 0 Å². The zero-order valence-electron chi connectivity index (χ0n) is 10.7. The summed E-state index contributed by atoms with van der Waals surface area (Å²) in [4.78, 5) is 4.09. The van der Waals surface area contributed by atoms with Gasteiger partial charge in [-0.25, -0.2) is 0 Å². The highest BCUT2D eigenvalue weighted by molar-refractivity contribution is 6.09. The third kappa shape index (κ3) is 1.53. The highest BCUT2D eigenvalue weighted by Gasteiger charge is 2.08. The van der Waals surface area contributed by atoms with Crippen molar-refractivity contribution >= 4 is 28.0 Å². The van der Waals surface area contributed by atoms with Crippen molar-refractivity contribution in [3.05, 3.63) is 48.0 Å². The Labute approximate surface area is 107 Å². The van der Waals surface area contributed by atoms with Crippen LogP contribution in [0.15, 0.2) is 47.5 Å². The van der Waals surface area contributed by atoms with Crippen LogP contribution in [0.1, 0.15) is 12.5 Å². The van der Waals surface area contributed by atoms with E-state index in [-0.39, 0.29) is 0 Å². The molecule has 0 spiro atoms. The van der Waals surface area contributed by atoms with Gasteiger partial charge in [0.1, 0.15) is 0 Å². The molecule has 0 aliphatic heterocycles. The highest BCUT2D eigenvalue weighted by atomic mass is 15.0. The van der Waals surface area contributed by atoms with Crippen molar-refractivity contribution in [3.8, 4) is 0 Å². The van der Waals surface area contributed by atoms with Gasteiger partial charge in [0.15, 0.2) is 0 Å². The van der Waals surface area contributed by atoms with Gasteiger partial charge in [-0.3, -0.25) is 4.99 Å². The van der Waals surface area contributed by atoms with Gasteiger partial charge >= 0.3 is 0 Å². The Morgan fingerprint density at radius 3 is 2.61 bits per heavy atom. The van der Waals surface area contributed by atoms with E-state index in [4.69, 9.17) is 0 Å². The van der Waals surface area contributed by atoms with Crippen molar-refractivity contribution in [2.45, 2.75) is 13.5 Å². The Balaban J connectivity index is 2.44. The smallest absolute Gasteiger partial charge is 0.0491 e. The minimum absolute atomic E-state index is 0.991. The Kier molecular flexibility index (Phi) is 2.63. The quantitative estimate of drug-likeness (QED) is 0.601. The van der Waals surface area contributed by atoms with E-state index in [0.29, 0.717) is 0 Å². The van der Waals surface area contributed by atoms with Crippen molar-refractivity contribution in [1.82, 2.24) is 4.57 Å². The molecule has 0 aliphatic carbocycles. The van der Waals surface area contributed by atoms with Gasteiger partial charge in [-0.05, 0) is 30.7 Å². The summed E-state index contributed by atoms with van der Waals surface area (Å²) in [7, 11) is 1.81. The molecule has 2 nitrogen and oxygen atoms in total. The molecule has 0 N–H and O–H groups in total. The lowest BCUT2D eigenvalue weighted by Crippen LogP contribution is -1.92. The van der Waals surface area contributed by atoms with Gasteiger partial charge in [0.2, 0.25) is 0 Å². The lowest BCUT2D eigenvalue weighted by molar-refractivity contribution is 0.827. The van der Waals surface area contributed by atoms with Crippen LogP contribution in [0, 0.1) is 0 Å². The first-order valence-corrected chi connectivity index (χ1v) is 6.28. The largest absolute Gasteiger partial charge is 0.341 e. The maximum atomic E-state index is 4.09. The van der Waals surface area contributed by atoms with Gasteiger partial charge < -0.3 is 4.57 Å². The SMILES string of the molecule is CCn1c2ccccc2c2cc(C=NC)ccc21. The molecular weight excluding hydrogens is 220 g/mol. The maximum Gasteiger partial charge on any atom is 0.0491 e. The third-order valence-electron chi connectivity index (χ3n) is 3.39. The third-order valence-corrected chi connectivity index (χ3v) is 3.39. The van der Waals surface area contributed by atoms with Crippen LogP contribution in [0.25, 0.3) is 21.8 Å². The minimum atomic E-state index is 0.991. The number of fused-ring (bicyclic) bond motifs is 3. The van der Waals surface area contributed by atoms with Crippen molar-refractivity contribution < 1.29 is 0 Å². The lowest BCUT2D eigenvalue weighted by Gasteiger charge is -2.02. The average molecular weight is 236 g/mol. The predicted octanol–water partition coefficient (Wildman–Crippen LogP) is 3.86. The number of rotatable bonds is 2. The Bertz CT molecular complexity index is 735. The molecule has 0 bridgehead atoms. The molecule has 0 fully saturated rings. The molecule has 0 atom stereocenters. The predicted molar refractivity (Wildman–Crippen MR) is 78.6 cm³/mol. The number of hydrogen-bond donors (Lipinski definition) is 0. The standard InChI is InChI=1S/C16H16N2/c1-3-18-15-7-5-4-6-13(15)14-10-12(11-17-2)8-9-16(14)18/h4-11H,3H2,1-2H3.